The van der Waals surface area contributed by atoms with Gasteiger partial charge in [0.25, 0.3) is 0 Å². The van der Waals surface area contributed by atoms with Crippen molar-refractivity contribution in [2.24, 2.45) is 0 Å². The number of nitrogens with zero attached hydrogens (tertiary/aromatic N) is 1. The Morgan fingerprint density at radius 3 is 2.52 bits per heavy atom. The highest BCUT2D eigenvalue weighted by Gasteiger charge is 2.08. The Bertz CT molecular complexity index is 491. The van der Waals surface area contributed by atoms with Gasteiger partial charge in [0, 0.05) is 12.7 Å². The summed E-state index contributed by atoms with van der Waals surface area (Å²) < 4.78 is 26.3. The van der Waals surface area contributed by atoms with E-state index in [-0.39, 0.29) is 18.9 Å². The number of Topliss-reactive ketones (excluding diaryl/α,β-unsaturated/α-hetero) is 1. The van der Waals surface area contributed by atoms with Gasteiger partial charge in [0.05, 0.1) is 26.0 Å². The molecule has 0 spiro atoms. The SMILES string of the molecule is CC=C/C(C=CC(C)F)=C(/C=C(\C)F)NCC(=O)CN(C)OC. The smallest absolute Gasteiger partial charge is 0.168 e. The molecule has 6 heteroatoms. The molecule has 0 aromatic heterocycles. The van der Waals surface area contributed by atoms with E-state index in [1.165, 1.54) is 38.2 Å². The van der Waals surface area contributed by atoms with Crippen LogP contribution in [0.3, 0.4) is 0 Å². The van der Waals surface area contributed by atoms with E-state index in [0.717, 1.165) is 0 Å². The van der Waals surface area contributed by atoms with Crippen molar-refractivity contribution in [2.75, 3.05) is 27.2 Å². The van der Waals surface area contributed by atoms with Crippen LogP contribution in [0.15, 0.2) is 47.5 Å². The fourth-order valence-corrected chi connectivity index (χ4v) is 1.65. The number of likely N-dealkylation sites (N-methyl/N-ethyl adjacent to an activating group) is 1. The highest BCUT2D eigenvalue weighted by molar-refractivity contribution is 5.82. The Hall–Kier alpha value is -1.79. The van der Waals surface area contributed by atoms with E-state index in [9.17, 15) is 13.6 Å². The van der Waals surface area contributed by atoms with Gasteiger partial charge in [-0.1, -0.05) is 24.3 Å². The molecule has 0 aliphatic rings. The Morgan fingerprint density at radius 1 is 1.39 bits per heavy atom. The van der Waals surface area contributed by atoms with Crippen molar-refractivity contribution < 1.29 is 18.4 Å². The van der Waals surface area contributed by atoms with Crippen molar-refractivity contribution in [3.63, 3.8) is 0 Å². The van der Waals surface area contributed by atoms with E-state index in [2.05, 4.69) is 5.32 Å². The normalized spacial score (nSPS) is 15.4. The maximum Gasteiger partial charge on any atom is 0.168 e. The topological polar surface area (TPSA) is 41.6 Å². The number of ketones is 1. The third-order valence-electron chi connectivity index (χ3n) is 2.73. The number of hydrogen-bond acceptors (Lipinski definition) is 4. The molecule has 1 unspecified atom stereocenters. The largest absolute Gasteiger partial charge is 0.377 e. The van der Waals surface area contributed by atoms with Gasteiger partial charge in [-0.3, -0.25) is 4.79 Å². The third kappa shape index (κ3) is 10.5. The summed E-state index contributed by atoms with van der Waals surface area (Å²) >= 11 is 0. The van der Waals surface area contributed by atoms with Crippen LogP contribution in [0.4, 0.5) is 8.78 Å². The second kappa shape index (κ2) is 11.7. The Balaban J connectivity index is 5.27. The third-order valence-corrected chi connectivity index (χ3v) is 2.73. The summed E-state index contributed by atoms with van der Waals surface area (Å²) in [7, 11) is 3.10. The molecule has 1 N–H and O–H groups in total. The highest BCUT2D eigenvalue weighted by Crippen LogP contribution is 2.11. The zero-order valence-electron chi connectivity index (χ0n) is 14.4. The first-order valence-electron chi connectivity index (χ1n) is 7.34. The molecule has 0 bridgehead atoms. The minimum Gasteiger partial charge on any atom is -0.377 e. The van der Waals surface area contributed by atoms with E-state index in [1.807, 2.05) is 0 Å². The van der Waals surface area contributed by atoms with Crippen molar-refractivity contribution >= 4 is 5.78 Å². The van der Waals surface area contributed by atoms with Crippen molar-refractivity contribution in [1.82, 2.24) is 10.4 Å². The summed E-state index contributed by atoms with van der Waals surface area (Å²) in [6.07, 6.45) is 6.54. The number of carbonyl (C=O) groups excluding carboxylic acids is 1. The van der Waals surface area contributed by atoms with E-state index < -0.39 is 12.0 Å². The molecule has 0 fully saturated rings. The molecular formula is C17H26F2N2O2. The molecule has 130 valence electrons. The van der Waals surface area contributed by atoms with E-state index in [0.29, 0.717) is 11.3 Å². The van der Waals surface area contributed by atoms with Gasteiger partial charge in [-0.2, -0.15) is 5.06 Å². The lowest BCUT2D eigenvalue weighted by molar-refractivity contribution is -0.139. The molecule has 0 saturated carbocycles. The Morgan fingerprint density at radius 2 is 2.04 bits per heavy atom. The van der Waals surface area contributed by atoms with Crippen LogP contribution in [-0.4, -0.2) is 44.3 Å². The van der Waals surface area contributed by atoms with Crippen LogP contribution >= 0.6 is 0 Å². The molecule has 0 aliphatic heterocycles. The number of nitrogens with one attached hydrogen (secondary N) is 1. The molecule has 0 aliphatic carbocycles. The van der Waals surface area contributed by atoms with Crippen LogP contribution in [0.5, 0.6) is 0 Å². The van der Waals surface area contributed by atoms with Crippen molar-refractivity contribution in [3.05, 3.63) is 47.5 Å². The Kier molecular flexibility index (Phi) is 10.8. The summed E-state index contributed by atoms with van der Waals surface area (Å²) in [6.45, 7) is 4.61. The quantitative estimate of drug-likeness (QED) is 0.494. The van der Waals surface area contributed by atoms with E-state index in [4.69, 9.17) is 4.84 Å². The highest BCUT2D eigenvalue weighted by atomic mass is 19.1. The molecule has 0 amide bonds. The van der Waals surface area contributed by atoms with Gasteiger partial charge in [0.15, 0.2) is 5.78 Å². The van der Waals surface area contributed by atoms with Gasteiger partial charge in [0.2, 0.25) is 0 Å². The summed E-state index contributed by atoms with van der Waals surface area (Å²) in [5, 5.41) is 4.29. The van der Waals surface area contributed by atoms with E-state index >= 15 is 0 Å². The summed E-state index contributed by atoms with van der Waals surface area (Å²) in [5.74, 6) is -0.544. The van der Waals surface area contributed by atoms with Gasteiger partial charge in [-0.15, -0.1) is 0 Å². The fraction of sp³-hybridized carbons (Fsp3) is 0.471. The van der Waals surface area contributed by atoms with Gasteiger partial charge in [0.1, 0.15) is 6.17 Å². The number of rotatable bonds is 10. The molecule has 0 aromatic carbocycles. The Labute approximate surface area is 137 Å². The molecule has 0 saturated heterocycles. The molecule has 23 heavy (non-hydrogen) atoms. The van der Waals surface area contributed by atoms with Gasteiger partial charge >= 0.3 is 0 Å². The lowest BCUT2D eigenvalue weighted by Crippen LogP contribution is -2.32. The van der Waals surface area contributed by atoms with Crippen molar-refractivity contribution in [1.29, 1.82) is 0 Å². The molecule has 0 rings (SSSR count). The number of allylic oxidation sites excluding steroid dienone is 7. The van der Waals surface area contributed by atoms with Crippen LogP contribution in [0.25, 0.3) is 0 Å². The molecular weight excluding hydrogens is 302 g/mol. The van der Waals surface area contributed by atoms with E-state index in [1.54, 1.807) is 32.2 Å². The molecule has 0 aromatic rings. The maximum atomic E-state index is 13.3. The van der Waals surface area contributed by atoms with Gasteiger partial charge in [-0.25, -0.2) is 8.78 Å². The molecule has 0 radical (unpaired) electrons. The number of halogens is 2. The molecule has 0 heterocycles. The number of hydroxylamine groups is 2. The zero-order chi connectivity index (χ0) is 17.8. The van der Waals surface area contributed by atoms with Gasteiger partial charge in [-0.05, 0) is 32.4 Å². The first-order chi connectivity index (χ1) is 10.8. The minimum absolute atomic E-state index is 0.00683. The standard InChI is InChI=1S/C17H26F2N2O2/c1-6-7-15(9-8-13(2)18)17(10-14(3)19)20-11-16(22)12-21(4)23-5/h6-10,13,20H,11-12H2,1-5H3/b7-6?,9-8?,14-10+,17-15+. The molecule has 1 atom stereocenters. The summed E-state index contributed by atoms with van der Waals surface area (Å²) in [4.78, 5) is 16.7. The van der Waals surface area contributed by atoms with Crippen molar-refractivity contribution in [2.45, 2.75) is 26.9 Å². The average molecular weight is 328 g/mol. The lowest BCUT2D eigenvalue weighted by atomic mass is 10.1. The van der Waals surface area contributed by atoms with Crippen LogP contribution in [0.1, 0.15) is 20.8 Å². The number of hydrogen-bond donors (Lipinski definition) is 1. The average Bonchev–Trinajstić information content (AvgIpc) is 2.47. The first kappa shape index (κ1) is 21.2. The minimum atomic E-state index is -1.12. The predicted molar refractivity (Wildman–Crippen MR) is 89.1 cm³/mol. The van der Waals surface area contributed by atoms with Gasteiger partial charge < -0.3 is 10.2 Å². The first-order valence-corrected chi connectivity index (χ1v) is 7.34. The number of carbonyl (C=O) groups is 1. The zero-order valence-corrected chi connectivity index (χ0v) is 14.4. The second-order valence-electron chi connectivity index (χ2n) is 5.00. The number of alkyl halides is 1. The second-order valence-corrected chi connectivity index (χ2v) is 5.00. The van der Waals surface area contributed by atoms with Crippen LogP contribution in [0, 0.1) is 0 Å². The maximum absolute atomic E-state index is 13.3. The summed E-state index contributed by atoms with van der Waals surface area (Å²) in [6, 6.07) is 0. The lowest BCUT2D eigenvalue weighted by Gasteiger charge is -2.14. The van der Waals surface area contributed by atoms with Crippen LogP contribution in [0.2, 0.25) is 0 Å². The predicted octanol–water partition coefficient (Wildman–Crippen LogP) is 3.26. The monoisotopic (exact) mass is 328 g/mol. The molecule has 4 nitrogen and oxygen atoms in total. The van der Waals surface area contributed by atoms with Crippen molar-refractivity contribution in [3.8, 4) is 0 Å². The fourth-order valence-electron chi connectivity index (χ4n) is 1.65. The van der Waals surface area contributed by atoms with Crippen LogP contribution in [-0.2, 0) is 9.63 Å². The van der Waals surface area contributed by atoms with Crippen LogP contribution < -0.4 is 5.32 Å². The summed E-state index contributed by atoms with van der Waals surface area (Å²) in [5.41, 5.74) is 0.996.